The van der Waals surface area contributed by atoms with Crippen molar-refractivity contribution in [2.45, 2.75) is 38.6 Å². The molecule has 0 saturated heterocycles. The summed E-state index contributed by atoms with van der Waals surface area (Å²) in [6, 6.07) is 8.12. The molecule has 136 valence electrons. The zero-order chi connectivity index (χ0) is 17.0. The highest BCUT2D eigenvalue weighted by molar-refractivity contribution is 14.0. The molecule has 0 atom stereocenters. The van der Waals surface area contributed by atoms with E-state index in [1.54, 1.807) is 6.92 Å². The van der Waals surface area contributed by atoms with Crippen LogP contribution >= 0.6 is 35.6 Å². The van der Waals surface area contributed by atoms with E-state index in [0.717, 1.165) is 36.9 Å². The molecule has 1 aromatic carbocycles. The SMILES string of the molecule is CCNC(=NCc1noc(C)n1)NCC1(c2cccc(Cl)c2)CC1.I. The highest BCUT2D eigenvalue weighted by Crippen LogP contribution is 2.48. The van der Waals surface area contributed by atoms with Crippen LogP contribution in [-0.2, 0) is 12.0 Å². The van der Waals surface area contributed by atoms with Gasteiger partial charge in [-0.15, -0.1) is 24.0 Å². The van der Waals surface area contributed by atoms with Crippen molar-refractivity contribution in [3.8, 4) is 0 Å². The molecule has 6 nitrogen and oxygen atoms in total. The Morgan fingerprint density at radius 1 is 1.36 bits per heavy atom. The topological polar surface area (TPSA) is 75.3 Å². The summed E-state index contributed by atoms with van der Waals surface area (Å²) in [6.45, 7) is 5.81. The van der Waals surface area contributed by atoms with E-state index in [9.17, 15) is 0 Å². The minimum atomic E-state index is 0. The standard InChI is InChI=1S/C17H22ClN5O.HI/c1-3-19-16(20-10-15-22-12(2)24-23-15)21-11-17(7-8-17)13-5-4-6-14(18)9-13;/h4-6,9H,3,7-8,10-11H2,1-2H3,(H2,19,20,21);1H. The van der Waals surface area contributed by atoms with Crippen molar-refractivity contribution in [2.75, 3.05) is 13.1 Å². The summed E-state index contributed by atoms with van der Waals surface area (Å²) in [5.41, 5.74) is 1.44. The Balaban J connectivity index is 0.00000225. The summed E-state index contributed by atoms with van der Waals surface area (Å²) in [5, 5.41) is 11.3. The first-order valence-corrected chi connectivity index (χ1v) is 8.56. The van der Waals surface area contributed by atoms with Crippen molar-refractivity contribution in [2.24, 2.45) is 4.99 Å². The van der Waals surface area contributed by atoms with Crippen LogP contribution in [0.15, 0.2) is 33.8 Å². The second kappa shape index (κ2) is 8.84. The van der Waals surface area contributed by atoms with Crippen molar-refractivity contribution < 1.29 is 4.52 Å². The molecule has 0 bridgehead atoms. The van der Waals surface area contributed by atoms with Gasteiger partial charge in [0.05, 0.1) is 0 Å². The van der Waals surface area contributed by atoms with Gasteiger partial charge in [-0.2, -0.15) is 4.98 Å². The lowest BCUT2D eigenvalue weighted by molar-refractivity contribution is 0.387. The van der Waals surface area contributed by atoms with E-state index in [1.165, 1.54) is 5.56 Å². The summed E-state index contributed by atoms with van der Waals surface area (Å²) >= 11 is 6.13. The Morgan fingerprint density at radius 2 is 2.16 bits per heavy atom. The molecule has 0 aliphatic heterocycles. The number of nitrogens with one attached hydrogen (secondary N) is 2. The number of nitrogens with zero attached hydrogens (tertiary/aromatic N) is 3. The Bertz CT molecular complexity index is 729. The molecular formula is C17H23ClIN5O. The predicted molar refractivity (Wildman–Crippen MR) is 110 cm³/mol. The Kier molecular flexibility index (Phi) is 7.06. The molecule has 1 aliphatic carbocycles. The first-order chi connectivity index (χ1) is 11.6. The van der Waals surface area contributed by atoms with Crippen LogP contribution in [0, 0.1) is 6.92 Å². The van der Waals surface area contributed by atoms with E-state index in [4.69, 9.17) is 16.1 Å². The number of aromatic nitrogens is 2. The Labute approximate surface area is 169 Å². The summed E-state index contributed by atoms with van der Waals surface area (Å²) in [6.07, 6.45) is 2.31. The molecule has 1 fully saturated rings. The quantitative estimate of drug-likeness (QED) is 0.380. The molecular weight excluding hydrogens is 453 g/mol. The van der Waals surface area contributed by atoms with E-state index < -0.39 is 0 Å². The van der Waals surface area contributed by atoms with Gasteiger partial charge in [0.25, 0.3) is 0 Å². The molecule has 25 heavy (non-hydrogen) atoms. The van der Waals surface area contributed by atoms with Gasteiger partial charge in [0.1, 0.15) is 6.54 Å². The van der Waals surface area contributed by atoms with Crippen LogP contribution in [0.2, 0.25) is 5.02 Å². The largest absolute Gasteiger partial charge is 0.357 e. The molecule has 1 heterocycles. The smallest absolute Gasteiger partial charge is 0.223 e. The maximum absolute atomic E-state index is 6.13. The van der Waals surface area contributed by atoms with E-state index >= 15 is 0 Å². The lowest BCUT2D eigenvalue weighted by atomic mass is 9.96. The highest BCUT2D eigenvalue weighted by atomic mass is 127. The molecule has 2 N–H and O–H groups in total. The number of hydrogen-bond donors (Lipinski definition) is 2. The third-order valence-corrected chi connectivity index (χ3v) is 4.41. The van der Waals surface area contributed by atoms with Crippen molar-refractivity contribution in [1.82, 2.24) is 20.8 Å². The molecule has 1 saturated carbocycles. The van der Waals surface area contributed by atoms with E-state index in [2.05, 4.69) is 37.9 Å². The van der Waals surface area contributed by atoms with Crippen LogP contribution in [0.4, 0.5) is 0 Å². The first-order valence-electron chi connectivity index (χ1n) is 8.19. The van der Waals surface area contributed by atoms with Gasteiger partial charge in [-0.3, -0.25) is 0 Å². The van der Waals surface area contributed by atoms with Gasteiger partial charge < -0.3 is 15.2 Å². The van der Waals surface area contributed by atoms with E-state index in [0.29, 0.717) is 18.3 Å². The van der Waals surface area contributed by atoms with Gasteiger partial charge in [-0.05, 0) is 37.5 Å². The maximum Gasteiger partial charge on any atom is 0.223 e. The summed E-state index contributed by atoms with van der Waals surface area (Å²) in [7, 11) is 0. The van der Waals surface area contributed by atoms with Crippen molar-refractivity contribution >= 4 is 41.5 Å². The van der Waals surface area contributed by atoms with Gasteiger partial charge >= 0.3 is 0 Å². The predicted octanol–water partition coefficient (Wildman–Crippen LogP) is 3.44. The van der Waals surface area contributed by atoms with Gasteiger partial charge in [-0.25, -0.2) is 4.99 Å². The number of hydrogen-bond acceptors (Lipinski definition) is 4. The summed E-state index contributed by atoms with van der Waals surface area (Å²) in [4.78, 5) is 8.69. The van der Waals surface area contributed by atoms with E-state index in [1.807, 2.05) is 19.1 Å². The number of halogens is 2. The molecule has 1 aromatic heterocycles. The number of benzene rings is 1. The van der Waals surface area contributed by atoms with Gasteiger partial charge in [0.15, 0.2) is 11.8 Å². The van der Waals surface area contributed by atoms with Crippen LogP contribution in [0.5, 0.6) is 0 Å². The second-order valence-corrected chi connectivity index (χ2v) is 6.51. The molecule has 3 rings (SSSR count). The lowest BCUT2D eigenvalue weighted by Gasteiger charge is -2.19. The normalized spacial score (nSPS) is 15.4. The van der Waals surface area contributed by atoms with Crippen LogP contribution in [0.3, 0.4) is 0 Å². The molecule has 0 spiro atoms. The molecule has 0 amide bonds. The van der Waals surface area contributed by atoms with Crippen molar-refractivity contribution in [3.05, 3.63) is 46.6 Å². The van der Waals surface area contributed by atoms with E-state index in [-0.39, 0.29) is 29.4 Å². The lowest BCUT2D eigenvalue weighted by Crippen LogP contribution is -2.41. The Hall–Kier alpha value is -1.35. The average molecular weight is 476 g/mol. The zero-order valence-corrected chi connectivity index (χ0v) is 17.5. The minimum Gasteiger partial charge on any atom is -0.357 e. The zero-order valence-electron chi connectivity index (χ0n) is 14.4. The Morgan fingerprint density at radius 3 is 2.76 bits per heavy atom. The fraction of sp³-hybridized carbons (Fsp3) is 0.471. The molecule has 0 unspecified atom stereocenters. The highest BCUT2D eigenvalue weighted by Gasteiger charge is 2.44. The van der Waals surface area contributed by atoms with Gasteiger partial charge in [0.2, 0.25) is 5.89 Å². The first kappa shape index (κ1) is 20.0. The maximum atomic E-state index is 6.13. The summed E-state index contributed by atoms with van der Waals surface area (Å²) in [5.74, 6) is 1.89. The van der Waals surface area contributed by atoms with Gasteiger partial charge in [0, 0.05) is 30.5 Å². The molecule has 2 aromatic rings. The number of aliphatic imine (C=N–C) groups is 1. The average Bonchev–Trinajstić information content (AvgIpc) is 3.25. The molecule has 0 radical (unpaired) electrons. The number of rotatable bonds is 6. The van der Waals surface area contributed by atoms with Gasteiger partial charge in [-0.1, -0.05) is 28.9 Å². The van der Waals surface area contributed by atoms with Crippen molar-refractivity contribution in [3.63, 3.8) is 0 Å². The fourth-order valence-electron chi connectivity index (χ4n) is 2.69. The van der Waals surface area contributed by atoms with Crippen LogP contribution in [0.25, 0.3) is 0 Å². The minimum absolute atomic E-state index is 0. The van der Waals surface area contributed by atoms with Crippen molar-refractivity contribution in [1.29, 1.82) is 0 Å². The van der Waals surface area contributed by atoms with Crippen LogP contribution in [-0.4, -0.2) is 29.2 Å². The second-order valence-electron chi connectivity index (χ2n) is 6.07. The number of guanidine groups is 1. The molecule has 8 heteroatoms. The van der Waals surface area contributed by atoms with Crippen LogP contribution in [0.1, 0.15) is 37.0 Å². The van der Waals surface area contributed by atoms with Crippen LogP contribution < -0.4 is 10.6 Å². The fourth-order valence-corrected chi connectivity index (χ4v) is 2.88. The monoisotopic (exact) mass is 475 g/mol. The summed E-state index contributed by atoms with van der Waals surface area (Å²) < 4.78 is 4.97. The third-order valence-electron chi connectivity index (χ3n) is 4.18. The third kappa shape index (κ3) is 5.31. The molecule has 1 aliphatic rings. The number of aryl methyl sites for hydroxylation is 1.